The number of hydrogen-bond acceptors (Lipinski definition) is 9. The summed E-state index contributed by atoms with van der Waals surface area (Å²) in [4.78, 5) is 36.9. The number of phosphoric acid groups is 1. The lowest BCUT2D eigenvalue weighted by Crippen LogP contribution is -2.35. The molecule has 1 fully saturated rings. The van der Waals surface area contributed by atoms with Crippen molar-refractivity contribution >= 4 is 19.6 Å². The van der Waals surface area contributed by atoms with Gasteiger partial charge in [0.1, 0.15) is 6.23 Å². The summed E-state index contributed by atoms with van der Waals surface area (Å²) in [5.74, 6) is 1.66. The van der Waals surface area contributed by atoms with E-state index in [-0.39, 0.29) is 25.7 Å². The Bertz CT molecular complexity index is 1200. The van der Waals surface area contributed by atoms with Crippen LogP contribution in [0.3, 0.4) is 0 Å². The van der Waals surface area contributed by atoms with Crippen molar-refractivity contribution < 1.29 is 28.0 Å². The molecule has 0 amide bonds. The highest BCUT2D eigenvalue weighted by Crippen LogP contribution is 2.44. The number of ether oxygens (including phenoxy) is 2. The van der Waals surface area contributed by atoms with E-state index in [0.29, 0.717) is 17.9 Å². The third-order valence-electron chi connectivity index (χ3n) is 9.04. The normalized spacial score (nSPS) is 19.4. The highest BCUT2D eigenvalue weighted by atomic mass is 32.2. The van der Waals surface area contributed by atoms with Crippen LogP contribution in [0.5, 0.6) is 0 Å². The number of H-pyrrole nitrogens is 1. The summed E-state index contributed by atoms with van der Waals surface area (Å²) in [5, 5.41) is 2.98. The molecule has 1 aromatic rings. The molecule has 5 atom stereocenters. The quantitative estimate of drug-likeness (QED) is 0.0281. The number of aromatic nitrogens is 2. The fraction of sp³-hybridized carbons (Fsp3) is 0.886. The van der Waals surface area contributed by atoms with Crippen molar-refractivity contribution in [3.63, 3.8) is 0 Å². The van der Waals surface area contributed by atoms with E-state index in [4.69, 9.17) is 24.1 Å². The highest BCUT2D eigenvalue weighted by molar-refractivity contribution is 7.99. The summed E-state index contributed by atoms with van der Waals surface area (Å²) in [5.41, 5.74) is 10.8. The second-order valence-electron chi connectivity index (χ2n) is 13.5. The van der Waals surface area contributed by atoms with Crippen molar-refractivity contribution in [2.75, 3.05) is 31.3 Å². The average Bonchev–Trinajstić information content (AvgIpc) is 3.49. The molecule has 1 aromatic heterocycles. The molecule has 0 spiro atoms. The molecule has 1 aliphatic heterocycles. The van der Waals surface area contributed by atoms with Crippen LogP contribution >= 0.6 is 19.6 Å². The second kappa shape index (κ2) is 27.1. The van der Waals surface area contributed by atoms with Crippen LogP contribution in [0.25, 0.3) is 5.53 Å². The van der Waals surface area contributed by atoms with Gasteiger partial charge in [0, 0.05) is 30.2 Å². The Kier molecular flexibility index (Phi) is 24.2. The minimum Gasteiger partial charge on any atom is -0.408 e. The van der Waals surface area contributed by atoms with E-state index in [1.807, 2.05) is 0 Å². The Morgan fingerprint density at radius 2 is 1.56 bits per heavy atom. The Morgan fingerprint density at radius 3 is 2.16 bits per heavy atom. The first-order valence-electron chi connectivity index (χ1n) is 19.1. The number of aromatic amines is 1. The Morgan fingerprint density at radius 1 is 0.980 bits per heavy atom. The zero-order chi connectivity index (χ0) is 36.5. The van der Waals surface area contributed by atoms with Crippen LogP contribution in [0.1, 0.15) is 148 Å². The third kappa shape index (κ3) is 19.3. The van der Waals surface area contributed by atoms with E-state index in [1.165, 1.54) is 107 Å². The minimum atomic E-state index is -4.50. The van der Waals surface area contributed by atoms with Crippen LogP contribution in [0, 0.1) is 6.92 Å². The molecular weight excluding hydrogens is 681 g/mol. The number of hydrogen-bond donors (Lipinski definition) is 3. The summed E-state index contributed by atoms with van der Waals surface area (Å²) in [6.07, 6.45) is 22.0. The lowest BCUT2D eigenvalue weighted by Gasteiger charge is -2.23. The molecule has 0 bridgehead atoms. The van der Waals surface area contributed by atoms with Crippen LogP contribution in [0.2, 0.25) is 0 Å². The molecule has 0 radical (unpaired) electrons. The van der Waals surface area contributed by atoms with Gasteiger partial charge < -0.3 is 25.3 Å². The standard InChI is InChI=1S/C35H65N5O8PS/c1-4-6-8-10-12-14-15-17-19-21-23-50-28-30(45-22-20-18-16-13-11-9-7-5-2)26-46-49(43,44)47-27-32-31(38-39-36)24-33(48-32)40-25-29(3)34(41)37-35(40)42/h25,30-33H,4-24,26-28H2,1-3H3,(H3-,36,37,38,41,42,43,44)/q-1. The maximum absolute atomic E-state index is 12.9. The first-order chi connectivity index (χ1) is 24.2. The number of thioether (sulfide) groups is 1. The van der Waals surface area contributed by atoms with Crippen molar-refractivity contribution in [3.8, 4) is 0 Å². The monoisotopic (exact) mass is 746 g/mol. The number of unbranched alkanes of at least 4 members (excludes halogenated alkanes) is 16. The molecule has 2 heterocycles. The molecule has 0 saturated carbocycles. The SMILES string of the molecule is CCCCCCCCCCCCSCC(COP(=O)(O)OCC1OC(n2cc(C)c(=O)[nH]c2=O)CC1NN=[N-])OCCCCCCCCCC. The molecule has 290 valence electrons. The Balaban J connectivity index is 1.81. The molecule has 50 heavy (non-hydrogen) atoms. The van der Waals surface area contributed by atoms with Gasteiger partial charge in [0.25, 0.3) is 5.56 Å². The Hall–Kier alpha value is -1.54. The fourth-order valence-corrected chi connectivity index (χ4v) is 7.78. The number of nitrogens with zero attached hydrogens (tertiary/aromatic N) is 3. The van der Waals surface area contributed by atoms with Crippen LogP contribution in [0.4, 0.5) is 0 Å². The van der Waals surface area contributed by atoms with Gasteiger partial charge in [-0.15, -0.1) is 0 Å². The van der Waals surface area contributed by atoms with Crippen molar-refractivity contribution in [1.82, 2.24) is 15.0 Å². The van der Waals surface area contributed by atoms with Gasteiger partial charge in [-0.3, -0.25) is 28.6 Å². The van der Waals surface area contributed by atoms with Crippen molar-refractivity contribution in [2.45, 2.75) is 167 Å². The molecule has 5 unspecified atom stereocenters. The third-order valence-corrected chi connectivity index (χ3v) is 11.2. The minimum absolute atomic E-state index is 0.0936. The van der Waals surface area contributed by atoms with Gasteiger partial charge in [-0.05, 0) is 31.9 Å². The lowest BCUT2D eigenvalue weighted by atomic mass is 10.1. The molecule has 0 aliphatic carbocycles. The zero-order valence-electron chi connectivity index (χ0n) is 30.9. The highest BCUT2D eigenvalue weighted by Gasteiger charge is 2.37. The summed E-state index contributed by atoms with van der Waals surface area (Å²) in [6.45, 7) is 6.13. The molecule has 0 aromatic carbocycles. The zero-order valence-corrected chi connectivity index (χ0v) is 32.6. The van der Waals surface area contributed by atoms with E-state index in [9.17, 15) is 19.0 Å². The van der Waals surface area contributed by atoms with Gasteiger partial charge in [0.2, 0.25) is 0 Å². The summed E-state index contributed by atoms with van der Waals surface area (Å²) in [7, 11) is -4.50. The summed E-state index contributed by atoms with van der Waals surface area (Å²) in [6, 6.07) is -0.644. The molecular formula is C35H65N5O8PS-. The molecule has 15 heteroatoms. The molecule has 1 aliphatic rings. The number of nitrogens with one attached hydrogen (secondary N) is 2. The molecule has 3 N–H and O–H groups in total. The molecule has 13 nitrogen and oxygen atoms in total. The first kappa shape index (κ1) is 44.6. The van der Waals surface area contributed by atoms with Crippen molar-refractivity contribution in [1.29, 1.82) is 0 Å². The maximum atomic E-state index is 12.9. The van der Waals surface area contributed by atoms with Crippen LogP contribution < -0.4 is 16.7 Å². The Labute approximate surface area is 303 Å². The van der Waals surface area contributed by atoms with Crippen molar-refractivity contribution in [3.05, 3.63) is 38.1 Å². The maximum Gasteiger partial charge on any atom is 0.472 e. The van der Waals surface area contributed by atoms with Gasteiger partial charge in [-0.1, -0.05) is 117 Å². The van der Waals surface area contributed by atoms with Gasteiger partial charge in [0.05, 0.1) is 25.4 Å². The number of rotatable bonds is 32. The van der Waals surface area contributed by atoms with E-state index >= 15 is 0 Å². The lowest BCUT2D eigenvalue weighted by molar-refractivity contribution is -0.0332. The topological polar surface area (TPSA) is 176 Å². The van der Waals surface area contributed by atoms with E-state index in [0.717, 1.165) is 25.0 Å². The predicted octanol–water partition coefficient (Wildman–Crippen LogP) is 8.34. The van der Waals surface area contributed by atoms with Gasteiger partial charge in [-0.2, -0.15) is 11.8 Å². The van der Waals surface area contributed by atoms with Crippen LogP contribution in [-0.4, -0.2) is 64.0 Å². The van der Waals surface area contributed by atoms with Crippen LogP contribution in [0.15, 0.2) is 21.0 Å². The van der Waals surface area contributed by atoms with E-state index < -0.39 is 37.4 Å². The van der Waals surface area contributed by atoms with Gasteiger partial charge in [0.15, 0.2) is 0 Å². The van der Waals surface area contributed by atoms with E-state index in [1.54, 1.807) is 18.7 Å². The fourth-order valence-electron chi connectivity index (χ4n) is 5.98. The smallest absolute Gasteiger partial charge is 0.408 e. The van der Waals surface area contributed by atoms with Crippen molar-refractivity contribution in [2.24, 2.45) is 5.22 Å². The first-order valence-corrected chi connectivity index (χ1v) is 21.7. The van der Waals surface area contributed by atoms with Gasteiger partial charge >= 0.3 is 13.5 Å². The predicted molar refractivity (Wildman–Crippen MR) is 201 cm³/mol. The number of phosphoric ester groups is 1. The summed E-state index contributed by atoms with van der Waals surface area (Å²) < 4.78 is 36.9. The average molecular weight is 747 g/mol. The number of aryl methyl sites for hydroxylation is 1. The molecule has 2 rings (SSSR count). The largest absolute Gasteiger partial charge is 0.472 e. The molecule has 1 saturated heterocycles. The van der Waals surface area contributed by atoms with E-state index in [2.05, 4.69) is 29.5 Å². The van der Waals surface area contributed by atoms with Gasteiger partial charge in [-0.25, -0.2) is 9.36 Å². The van der Waals surface area contributed by atoms with Crippen LogP contribution in [-0.2, 0) is 23.1 Å². The second-order valence-corrected chi connectivity index (χ2v) is 16.1. The summed E-state index contributed by atoms with van der Waals surface area (Å²) >= 11 is 1.78.